The third-order valence-corrected chi connectivity index (χ3v) is 4.48. The molecule has 1 aromatic carbocycles. The summed E-state index contributed by atoms with van der Waals surface area (Å²) in [5.41, 5.74) is 7.44. The van der Waals surface area contributed by atoms with E-state index in [4.69, 9.17) is 17.3 Å². The first-order valence-electron chi connectivity index (χ1n) is 7.49. The minimum Gasteiger partial charge on any atom is -0.376 e. The van der Waals surface area contributed by atoms with Gasteiger partial charge in [-0.15, -0.1) is 0 Å². The molecule has 0 unspecified atom stereocenters. The van der Waals surface area contributed by atoms with Gasteiger partial charge in [-0.1, -0.05) is 11.6 Å². The van der Waals surface area contributed by atoms with Crippen molar-refractivity contribution in [1.82, 2.24) is 0 Å². The second-order valence-electron chi connectivity index (χ2n) is 6.00. The van der Waals surface area contributed by atoms with E-state index in [-0.39, 0.29) is 11.8 Å². The molecule has 1 fully saturated rings. The standard InChI is InChI=1S/C16H24ClN3O/c1-20(2)15-8-7-13(17)9-14(15)19-16(21)12-5-3-11(10-18)4-6-12/h7-9,11-12H,3-6,10,18H2,1-2H3,(H,19,21). The second kappa shape index (κ2) is 7.14. The van der Waals surface area contributed by atoms with Crippen LogP contribution in [0.25, 0.3) is 0 Å². The monoisotopic (exact) mass is 309 g/mol. The molecule has 21 heavy (non-hydrogen) atoms. The van der Waals surface area contributed by atoms with E-state index in [1.54, 1.807) is 6.07 Å². The zero-order chi connectivity index (χ0) is 15.4. The van der Waals surface area contributed by atoms with Gasteiger partial charge in [-0.2, -0.15) is 0 Å². The molecule has 0 atom stereocenters. The number of halogens is 1. The summed E-state index contributed by atoms with van der Waals surface area (Å²) < 4.78 is 0. The Kier molecular flexibility index (Phi) is 5.48. The predicted octanol–water partition coefficient (Wildman–Crippen LogP) is 3.11. The molecule has 1 saturated carbocycles. The van der Waals surface area contributed by atoms with E-state index >= 15 is 0 Å². The van der Waals surface area contributed by atoms with Crippen molar-refractivity contribution in [3.8, 4) is 0 Å². The average molecular weight is 310 g/mol. The summed E-state index contributed by atoms with van der Waals surface area (Å²) >= 11 is 6.04. The van der Waals surface area contributed by atoms with E-state index in [0.29, 0.717) is 10.9 Å². The zero-order valence-electron chi connectivity index (χ0n) is 12.7. The SMILES string of the molecule is CN(C)c1ccc(Cl)cc1NC(=O)C1CCC(CN)CC1. The summed E-state index contributed by atoms with van der Waals surface area (Å²) in [6.45, 7) is 0.730. The van der Waals surface area contributed by atoms with Crippen LogP contribution in [-0.2, 0) is 4.79 Å². The number of benzene rings is 1. The van der Waals surface area contributed by atoms with Crippen LogP contribution in [0.15, 0.2) is 18.2 Å². The normalized spacial score (nSPS) is 21.9. The fourth-order valence-corrected chi connectivity index (χ4v) is 3.07. The molecular formula is C16H24ClN3O. The third kappa shape index (κ3) is 4.11. The lowest BCUT2D eigenvalue weighted by molar-refractivity contribution is -0.121. The largest absolute Gasteiger partial charge is 0.376 e. The number of hydrogen-bond donors (Lipinski definition) is 2. The lowest BCUT2D eigenvalue weighted by Crippen LogP contribution is -2.29. The molecule has 1 aliphatic rings. The third-order valence-electron chi connectivity index (χ3n) is 4.25. The highest BCUT2D eigenvalue weighted by Gasteiger charge is 2.26. The first kappa shape index (κ1) is 16.1. The number of carbonyl (C=O) groups excluding carboxylic acids is 1. The van der Waals surface area contributed by atoms with Crippen molar-refractivity contribution < 1.29 is 4.79 Å². The number of nitrogens with zero attached hydrogens (tertiary/aromatic N) is 1. The zero-order valence-corrected chi connectivity index (χ0v) is 13.5. The molecule has 3 N–H and O–H groups in total. The summed E-state index contributed by atoms with van der Waals surface area (Å²) in [6, 6.07) is 5.56. The molecule has 1 amide bonds. The molecular weight excluding hydrogens is 286 g/mol. The number of nitrogens with two attached hydrogens (primary N) is 1. The maximum Gasteiger partial charge on any atom is 0.227 e. The van der Waals surface area contributed by atoms with Crippen LogP contribution < -0.4 is 16.0 Å². The van der Waals surface area contributed by atoms with Crippen molar-refractivity contribution in [2.75, 3.05) is 30.9 Å². The van der Waals surface area contributed by atoms with Crippen LogP contribution in [0.1, 0.15) is 25.7 Å². The summed E-state index contributed by atoms with van der Waals surface area (Å²) in [5.74, 6) is 0.759. The quantitative estimate of drug-likeness (QED) is 0.898. The smallest absolute Gasteiger partial charge is 0.227 e. The summed E-state index contributed by atoms with van der Waals surface area (Å²) in [5, 5.41) is 3.67. The van der Waals surface area contributed by atoms with Gasteiger partial charge in [0.05, 0.1) is 11.4 Å². The Balaban J connectivity index is 2.04. The van der Waals surface area contributed by atoms with Gasteiger partial charge in [0.15, 0.2) is 0 Å². The van der Waals surface area contributed by atoms with Crippen LogP contribution in [0.3, 0.4) is 0 Å². The van der Waals surface area contributed by atoms with E-state index in [9.17, 15) is 4.79 Å². The Morgan fingerprint density at radius 2 is 2.00 bits per heavy atom. The number of anilines is 2. The molecule has 116 valence electrons. The van der Waals surface area contributed by atoms with E-state index in [2.05, 4.69) is 5.32 Å². The number of carbonyl (C=O) groups is 1. The summed E-state index contributed by atoms with van der Waals surface area (Å²) in [4.78, 5) is 14.4. The van der Waals surface area contributed by atoms with Crippen molar-refractivity contribution in [1.29, 1.82) is 0 Å². The molecule has 0 aliphatic heterocycles. The topological polar surface area (TPSA) is 58.4 Å². The molecule has 0 bridgehead atoms. The van der Waals surface area contributed by atoms with Crippen molar-refractivity contribution >= 4 is 28.9 Å². The van der Waals surface area contributed by atoms with E-state index < -0.39 is 0 Å². The average Bonchev–Trinajstić information content (AvgIpc) is 2.47. The van der Waals surface area contributed by atoms with Crippen molar-refractivity contribution in [3.05, 3.63) is 23.2 Å². The second-order valence-corrected chi connectivity index (χ2v) is 6.43. The van der Waals surface area contributed by atoms with Crippen molar-refractivity contribution in [2.24, 2.45) is 17.6 Å². The van der Waals surface area contributed by atoms with Crippen LogP contribution in [0, 0.1) is 11.8 Å². The van der Waals surface area contributed by atoms with Gasteiger partial charge in [-0.25, -0.2) is 0 Å². The fraction of sp³-hybridized carbons (Fsp3) is 0.562. The lowest BCUT2D eigenvalue weighted by atomic mass is 9.81. The molecule has 0 aromatic heterocycles. The Labute approximate surface area is 131 Å². The predicted molar refractivity (Wildman–Crippen MR) is 88.9 cm³/mol. The molecule has 0 saturated heterocycles. The molecule has 4 nitrogen and oxygen atoms in total. The minimum atomic E-state index is 0.0850. The van der Waals surface area contributed by atoms with Crippen LogP contribution >= 0.6 is 11.6 Å². The molecule has 2 rings (SSSR count). The molecule has 5 heteroatoms. The van der Waals surface area contributed by atoms with Crippen molar-refractivity contribution in [3.63, 3.8) is 0 Å². The summed E-state index contributed by atoms with van der Waals surface area (Å²) in [7, 11) is 3.90. The Morgan fingerprint density at radius 1 is 1.33 bits per heavy atom. The van der Waals surface area contributed by atoms with Gasteiger partial charge in [-0.05, 0) is 56.3 Å². The van der Waals surface area contributed by atoms with Crippen molar-refractivity contribution in [2.45, 2.75) is 25.7 Å². The maximum absolute atomic E-state index is 12.4. The number of nitrogens with one attached hydrogen (secondary N) is 1. The van der Waals surface area contributed by atoms with Gasteiger partial charge in [0.2, 0.25) is 5.91 Å². The van der Waals surface area contributed by atoms with Gasteiger partial charge in [0.25, 0.3) is 0 Å². The van der Waals surface area contributed by atoms with E-state index in [1.165, 1.54) is 0 Å². The summed E-state index contributed by atoms with van der Waals surface area (Å²) in [6.07, 6.45) is 3.94. The molecule has 1 aliphatic carbocycles. The van der Waals surface area contributed by atoms with Crippen LogP contribution in [-0.4, -0.2) is 26.5 Å². The number of amides is 1. The van der Waals surface area contributed by atoms with Gasteiger partial charge < -0.3 is 16.0 Å². The fourth-order valence-electron chi connectivity index (χ4n) is 2.89. The highest BCUT2D eigenvalue weighted by Crippen LogP contribution is 2.32. The first-order valence-corrected chi connectivity index (χ1v) is 7.87. The maximum atomic E-state index is 12.4. The van der Waals surface area contributed by atoms with E-state index in [0.717, 1.165) is 43.6 Å². The molecule has 0 radical (unpaired) electrons. The Morgan fingerprint density at radius 3 is 2.57 bits per heavy atom. The van der Waals surface area contributed by atoms with Crippen LogP contribution in [0.5, 0.6) is 0 Å². The van der Waals surface area contributed by atoms with Crippen LogP contribution in [0.4, 0.5) is 11.4 Å². The van der Waals surface area contributed by atoms with E-state index in [1.807, 2.05) is 31.1 Å². The highest BCUT2D eigenvalue weighted by molar-refractivity contribution is 6.31. The molecule has 0 spiro atoms. The Hall–Kier alpha value is -1.26. The molecule has 0 heterocycles. The highest BCUT2D eigenvalue weighted by atomic mass is 35.5. The minimum absolute atomic E-state index is 0.0850. The lowest BCUT2D eigenvalue weighted by Gasteiger charge is -2.27. The number of hydrogen-bond acceptors (Lipinski definition) is 3. The molecule has 1 aromatic rings. The first-order chi connectivity index (χ1) is 10.0. The van der Waals surface area contributed by atoms with Gasteiger partial charge in [0.1, 0.15) is 0 Å². The van der Waals surface area contributed by atoms with Gasteiger partial charge in [-0.3, -0.25) is 4.79 Å². The Bertz CT molecular complexity index is 496. The van der Waals surface area contributed by atoms with Gasteiger partial charge in [0, 0.05) is 25.0 Å². The van der Waals surface area contributed by atoms with Crippen LogP contribution in [0.2, 0.25) is 5.02 Å². The van der Waals surface area contributed by atoms with Gasteiger partial charge >= 0.3 is 0 Å². The number of rotatable bonds is 4.